The van der Waals surface area contributed by atoms with Crippen molar-refractivity contribution in [2.24, 2.45) is 0 Å². The third kappa shape index (κ3) is 2.62. The van der Waals surface area contributed by atoms with E-state index in [-0.39, 0.29) is 5.78 Å². The van der Waals surface area contributed by atoms with Gasteiger partial charge < -0.3 is 8.83 Å². The summed E-state index contributed by atoms with van der Waals surface area (Å²) in [6, 6.07) is 7.28. The van der Waals surface area contributed by atoms with Crippen LogP contribution in [0.1, 0.15) is 22.7 Å². The smallest absolute Gasteiger partial charge is 0.224 e. The lowest BCUT2D eigenvalue weighted by atomic mass is 10.1. The fraction of sp³-hybridized carbons (Fsp3) is 0.357. The first-order chi connectivity index (χ1) is 9.30. The minimum atomic E-state index is -0.506. The number of carbonyl (C=O) groups is 1. The molecule has 0 unspecified atom stereocenters. The summed E-state index contributed by atoms with van der Waals surface area (Å²) in [5.41, 5.74) is 0. The zero-order valence-corrected chi connectivity index (χ0v) is 12.0. The van der Waals surface area contributed by atoms with Gasteiger partial charge in [0, 0.05) is 6.42 Å². The quantitative estimate of drug-likeness (QED) is 0.801. The Hall–Kier alpha value is -1.07. The number of hydrogen-bond acceptors (Lipinski definition) is 5. The number of ketones is 1. The normalized spacial score (nSPS) is 18.3. The van der Waals surface area contributed by atoms with Crippen LogP contribution in [-0.4, -0.2) is 21.4 Å². The van der Waals surface area contributed by atoms with E-state index in [0.717, 1.165) is 23.7 Å². The van der Waals surface area contributed by atoms with Gasteiger partial charge in [0.25, 0.3) is 0 Å². The van der Waals surface area contributed by atoms with Crippen molar-refractivity contribution in [3.63, 3.8) is 0 Å². The van der Waals surface area contributed by atoms with Crippen LogP contribution >= 0.6 is 23.5 Å². The molecule has 1 aliphatic rings. The Morgan fingerprint density at radius 1 is 1.16 bits per heavy atom. The minimum Gasteiger partial charge on any atom is -0.469 e. The molecule has 1 aliphatic heterocycles. The molecule has 0 atom stereocenters. The molecule has 0 aliphatic carbocycles. The van der Waals surface area contributed by atoms with E-state index in [1.54, 1.807) is 48.2 Å². The zero-order chi connectivity index (χ0) is 13.1. The van der Waals surface area contributed by atoms with Crippen LogP contribution in [-0.2, 0) is 6.42 Å². The average Bonchev–Trinajstić information content (AvgIpc) is 3.12. The van der Waals surface area contributed by atoms with Crippen molar-refractivity contribution in [2.75, 3.05) is 11.5 Å². The molecule has 0 saturated carbocycles. The summed E-state index contributed by atoms with van der Waals surface area (Å²) in [5, 5.41) is 0. The van der Waals surface area contributed by atoms with Crippen LogP contribution in [0.25, 0.3) is 0 Å². The van der Waals surface area contributed by atoms with E-state index < -0.39 is 4.08 Å². The highest BCUT2D eigenvalue weighted by Gasteiger charge is 2.43. The van der Waals surface area contributed by atoms with Gasteiger partial charge in [-0.1, -0.05) is 0 Å². The van der Waals surface area contributed by atoms with Crippen LogP contribution in [0.4, 0.5) is 0 Å². The number of furan rings is 2. The Morgan fingerprint density at radius 3 is 2.53 bits per heavy atom. The van der Waals surface area contributed by atoms with Crippen molar-refractivity contribution >= 4 is 29.3 Å². The van der Waals surface area contributed by atoms with Crippen LogP contribution in [0.3, 0.4) is 0 Å². The summed E-state index contributed by atoms with van der Waals surface area (Å²) in [7, 11) is 0. The molecule has 1 fully saturated rings. The molecule has 3 heterocycles. The molecule has 0 amide bonds. The topological polar surface area (TPSA) is 43.4 Å². The summed E-state index contributed by atoms with van der Waals surface area (Å²) in [6.45, 7) is 0. The molecule has 0 bridgehead atoms. The predicted molar refractivity (Wildman–Crippen MR) is 77.7 cm³/mol. The molecule has 100 valence electrons. The molecule has 0 radical (unpaired) electrons. The highest BCUT2D eigenvalue weighted by molar-refractivity contribution is 8.20. The van der Waals surface area contributed by atoms with E-state index in [1.165, 1.54) is 0 Å². The molecule has 0 N–H and O–H groups in total. The number of carbonyl (C=O) groups excluding carboxylic acids is 1. The molecule has 3 rings (SSSR count). The van der Waals surface area contributed by atoms with Gasteiger partial charge in [0.1, 0.15) is 9.84 Å². The molecule has 5 heteroatoms. The SMILES string of the molecule is O=C(c1ccco1)C1(Cc2ccco2)SCCCS1. The first-order valence-corrected chi connectivity index (χ1v) is 8.16. The Bertz CT molecular complexity index is 525. The second kappa shape index (κ2) is 5.51. The van der Waals surface area contributed by atoms with Crippen molar-refractivity contribution in [1.82, 2.24) is 0 Å². The Labute approximate surface area is 120 Å². The van der Waals surface area contributed by atoms with Crippen LogP contribution in [0, 0.1) is 0 Å². The van der Waals surface area contributed by atoms with E-state index in [4.69, 9.17) is 8.83 Å². The highest BCUT2D eigenvalue weighted by atomic mass is 32.2. The van der Waals surface area contributed by atoms with Gasteiger partial charge in [-0.3, -0.25) is 4.79 Å². The van der Waals surface area contributed by atoms with Gasteiger partial charge in [0.2, 0.25) is 5.78 Å². The number of Topliss-reactive ketones (excluding diaryl/α,β-unsaturated/α-hetero) is 1. The van der Waals surface area contributed by atoms with Crippen molar-refractivity contribution in [2.45, 2.75) is 16.9 Å². The zero-order valence-electron chi connectivity index (χ0n) is 10.3. The molecule has 0 aromatic carbocycles. The molecule has 2 aromatic rings. The summed E-state index contributed by atoms with van der Waals surface area (Å²) in [4.78, 5) is 12.7. The third-order valence-electron chi connectivity index (χ3n) is 3.04. The lowest BCUT2D eigenvalue weighted by Crippen LogP contribution is -2.37. The molecule has 3 nitrogen and oxygen atoms in total. The number of rotatable bonds is 4. The molecule has 2 aromatic heterocycles. The largest absolute Gasteiger partial charge is 0.469 e. The van der Waals surface area contributed by atoms with Crippen molar-refractivity contribution < 1.29 is 13.6 Å². The van der Waals surface area contributed by atoms with Gasteiger partial charge in [-0.05, 0) is 42.2 Å². The first-order valence-electron chi connectivity index (χ1n) is 6.19. The fourth-order valence-electron chi connectivity index (χ4n) is 2.13. The lowest BCUT2D eigenvalue weighted by molar-refractivity contribution is 0.0948. The Morgan fingerprint density at radius 2 is 1.89 bits per heavy atom. The standard InChI is InChI=1S/C14H14O3S2/c15-13(12-5-2-7-17-12)14(18-8-3-9-19-14)10-11-4-1-6-16-11/h1-2,4-7H,3,8-10H2. The van der Waals surface area contributed by atoms with Crippen molar-refractivity contribution in [3.05, 3.63) is 48.3 Å². The van der Waals surface area contributed by atoms with Crippen LogP contribution in [0.15, 0.2) is 45.6 Å². The van der Waals surface area contributed by atoms with E-state index in [2.05, 4.69) is 0 Å². The van der Waals surface area contributed by atoms with Gasteiger partial charge in [-0.2, -0.15) is 0 Å². The summed E-state index contributed by atoms with van der Waals surface area (Å²) in [5.74, 6) is 3.35. The minimum absolute atomic E-state index is 0.0589. The van der Waals surface area contributed by atoms with E-state index in [9.17, 15) is 4.79 Å². The average molecular weight is 294 g/mol. The lowest BCUT2D eigenvalue weighted by Gasteiger charge is -2.33. The molecule has 19 heavy (non-hydrogen) atoms. The first kappa shape index (κ1) is 12.9. The maximum absolute atomic E-state index is 12.7. The van der Waals surface area contributed by atoms with E-state index >= 15 is 0 Å². The van der Waals surface area contributed by atoms with Gasteiger partial charge >= 0.3 is 0 Å². The maximum Gasteiger partial charge on any atom is 0.224 e. The van der Waals surface area contributed by atoms with E-state index in [0.29, 0.717) is 12.2 Å². The van der Waals surface area contributed by atoms with E-state index in [1.807, 2.05) is 12.1 Å². The number of thioether (sulfide) groups is 2. The Balaban J connectivity index is 1.90. The number of hydrogen-bond donors (Lipinski definition) is 0. The summed E-state index contributed by atoms with van der Waals surface area (Å²) in [6.07, 6.45) is 4.94. The van der Waals surface area contributed by atoms with Crippen LogP contribution in [0.5, 0.6) is 0 Å². The van der Waals surface area contributed by atoms with Crippen LogP contribution < -0.4 is 0 Å². The third-order valence-corrected chi connectivity index (χ3v) is 6.32. The molecule has 1 saturated heterocycles. The van der Waals surface area contributed by atoms with Crippen molar-refractivity contribution in [3.8, 4) is 0 Å². The molecule has 0 spiro atoms. The molecular formula is C14H14O3S2. The molecular weight excluding hydrogens is 280 g/mol. The summed E-state index contributed by atoms with van der Waals surface area (Å²) >= 11 is 3.42. The monoisotopic (exact) mass is 294 g/mol. The second-order valence-electron chi connectivity index (χ2n) is 4.37. The fourth-order valence-corrected chi connectivity index (χ4v) is 5.33. The van der Waals surface area contributed by atoms with Gasteiger partial charge in [-0.15, -0.1) is 23.5 Å². The highest BCUT2D eigenvalue weighted by Crippen LogP contribution is 2.46. The van der Waals surface area contributed by atoms with Crippen molar-refractivity contribution in [1.29, 1.82) is 0 Å². The Kier molecular flexibility index (Phi) is 3.75. The van der Waals surface area contributed by atoms with Crippen LogP contribution in [0.2, 0.25) is 0 Å². The maximum atomic E-state index is 12.7. The predicted octanol–water partition coefficient (Wildman–Crippen LogP) is 3.86. The van der Waals surface area contributed by atoms with Gasteiger partial charge in [0.15, 0.2) is 5.76 Å². The summed E-state index contributed by atoms with van der Waals surface area (Å²) < 4.78 is 10.2. The van der Waals surface area contributed by atoms with Gasteiger partial charge in [-0.25, -0.2) is 0 Å². The van der Waals surface area contributed by atoms with Gasteiger partial charge in [0.05, 0.1) is 12.5 Å². The second-order valence-corrected chi connectivity index (χ2v) is 7.41.